The van der Waals surface area contributed by atoms with E-state index in [2.05, 4.69) is 9.97 Å². The number of fused-ring (bicyclic) bond motifs is 1. The lowest BCUT2D eigenvalue weighted by atomic mass is 10.1. The molecule has 0 aliphatic heterocycles. The Kier molecular flexibility index (Phi) is 4.65. The van der Waals surface area contributed by atoms with Gasteiger partial charge in [0.05, 0.1) is 21.5 Å². The summed E-state index contributed by atoms with van der Waals surface area (Å²) in [5, 5.41) is 5.35. The Balaban J connectivity index is 1.43. The quantitative estimate of drug-likeness (QED) is 0.443. The lowest BCUT2D eigenvalue weighted by molar-refractivity contribution is -0.137. The first-order chi connectivity index (χ1) is 15.1. The minimum Gasteiger partial charge on any atom is -0.342 e. The molecular weight excluding hydrogens is 439 g/mol. The molecule has 32 heavy (non-hydrogen) atoms. The zero-order valence-electron chi connectivity index (χ0n) is 16.6. The van der Waals surface area contributed by atoms with Crippen LogP contribution >= 0.6 is 0 Å². The number of hydrogen-bond acceptors (Lipinski definition) is 3. The van der Waals surface area contributed by atoms with Crippen LogP contribution in [-0.4, -0.2) is 18.4 Å². The van der Waals surface area contributed by atoms with E-state index in [1.54, 1.807) is 30.3 Å². The number of H-pyrrole nitrogens is 1. The first kappa shape index (κ1) is 20.7. The molecule has 0 unspecified atom stereocenters. The number of alkyl halides is 3. The zero-order chi connectivity index (χ0) is 22.7. The Bertz CT molecular complexity index is 1430. The average Bonchev–Trinajstić information content (AvgIpc) is 3.44. The molecule has 0 bridgehead atoms. The Hall–Kier alpha value is -3.17. The van der Waals surface area contributed by atoms with Crippen molar-refractivity contribution in [2.75, 3.05) is 0 Å². The fourth-order valence-corrected chi connectivity index (χ4v) is 4.87. The summed E-state index contributed by atoms with van der Waals surface area (Å²) < 4.78 is 62.2. The van der Waals surface area contributed by atoms with E-state index < -0.39 is 21.8 Å². The molecule has 1 saturated carbocycles. The molecule has 3 aromatic carbocycles. The molecule has 1 fully saturated rings. The number of imidazole rings is 1. The molecule has 0 saturated heterocycles. The lowest BCUT2D eigenvalue weighted by Gasteiger charge is -2.07. The minimum absolute atomic E-state index is 0.0414. The van der Waals surface area contributed by atoms with Crippen LogP contribution < -0.4 is 5.14 Å². The summed E-state index contributed by atoms with van der Waals surface area (Å²) in [6.07, 6.45) is -3.55. The van der Waals surface area contributed by atoms with E-state index in [9.17, 15) is 21.6 Å². The van der Waals surface area contributed by atoms with E-state index in [4.69, 9.17) is 5.14 Å². The fraction of sp³-hybridized carbons (Fsp3) is 0.174. The molecule has 1 heterocycles. The van der Waals surface area contributed by atoms with E-state index in [0.29, 0.717) is 16.6 Å². The van der Waals surface area contributed by atoms with Gasteiger partial charge in [-0.25, -0.2) is 18.5 Å². The molecule has 5 rings (SSSR count). The smallest absolute Gasteiger partial charge is 0.342 e. The van der Waals surface area contributed by atoms with Gasteiger partial charge in [0.2, 0.25) is 10.0 Å². The number of aromatic amines is 1. The van der Waals surface area contributed by atoms with Crippen molar-refractivity contribution >= 4 is 21.1 Å². The maximum absolute atomic E-state index is 12.8. The standard InChI is InChI=1S/C23H18F3N3O2S/c24-23(25,26)15-8-5-13(6-9-15)17-12-18(17)22-28-19-10-7-14(11-20(19)29-22)16-3-1-2-4-21(16)32(27,30)31/h1-11,17-18H,12H2,(H,28,29)(H2,27,30,31)/t17-,18+/m1/s1. The van der Waals surface area contributed by atoms with Crippen molar-refractivity contribution in [3.05, 3.63) is 83.7 Å². The zero-order valence-corrected chi connectivity index (χ0v) is 17.4. The number of hydrogen-bond donors (Lipinski definition) is 2. The predicted octanol–water partition coefficient (Wildman–Crippen LogP) is 5.17. The van der Waals surface area contributed by atoms with Crippen molar-refractivity contribution in [1.82, 2.24) is 9.97 Å². The summed E-state index contributed by atoms with van der Waals surface area (Å²) in [7, 11) is -3.88. The number of halogens is 3. The highest BCUT2D eigenvalue weighted by Gasteiger charge is 2.42. The molecule has 9 heteroatoms. The molecule has 164 valence electrons. The predicted molar refractivity (Wildman–Crippen MR) is 114 cm³/mol. The number of sulfonamides is 1. The Morgan fingerprint density at radius 2 is 1.69 bits per heavy atom. The number of nitrogens with zero attached hydrogens (tertiary/aromatic N) is 1. The van der Waals surface area contributed by atoms with Crippen LogP contribution in [0.3, 0.4) is 0 Å². The van der Waals surface area contributed by atoms with Gasteiger partial charge in [0.1, 0.15) is 5.82 Å². The maximum atomic E-state index is 12.8. The van der Waals surface area contributed by atoms with Gasteiger partial charge in [0, 0.05) is 11.5 Å². The molecule has 2 atom stereocenters. The molecule has 0 spiro atoms. The van der Waals surface area contributed by atoms with Gasteiger partial charge >= 0.3 is 6.18 Å². The van der Waals surface area contributed by atoms with E-state index in [-0.39, 0.29) is 16.7 Å². The second kappa shape index (κ2) is 7.18. The van der Waals surface area contributed by atoms with Crippen molar-refractivity contribution in [3.63, 3.8) is 0 Å². The largest absolute Gasteiger partial charge is 0.416 e. The first-order valence-corrected chi connectivity index (χ1v) is 11.4. The minimum atomic E-state index is -4.35. The number of aromatic nitrogens is 2. The summed E-state index contributed by atoms with van der Waals surface area (Å²) >= 11 is 0. The Labute approximate surface area is 182 Å². The van der Waals surface area contributed by atoms with Crippen LogP contribution in [0.25, 0.3) is 22.2 Å². The number of nitrogens with two attached hydrogens (primary N) is 1. The van der Waals surface area contributed by atoms with E-state index >= 15 is 0 Å². The van der Waals surface area contributed by atoms with Gasteiger partial charge in [-0.3, -0.25) is 0 Å². The third-order valence-corrected chi connectivity index (χ3v) is 6.78. The number of primary sulfonamides is 1. The van der Waals surface area contributed by atoms with Gasteiger partial charge in [0.15, 0.2) is 0 Å². The SMILES string of the molecule is NS(=O)(=O)c1ccccc1-c1ccc2[nH]c([C@H]3C[C@@H]3c3ccc(C(F)(F)F)cc3)nc2c1. The fourth-order valence-electron chi connectivity index (χ4n) is 4.11. The summed E-state index contributed by atoms with van der Waals surface area (Å²) in [4.78, 5) is 7.99. The van der Waals surface area contributed by atoms with Crippen LogP contribution in [0, 0.1) is 0 Å². The average molecular weight is 457 g/mol. The van der Waals surface area contributed by atoms with Crippen molar-refractivity contribution in [3.8, 4) is 11.1 Å². The van der Waals surface area contributed by atoms with Gasteiger partial charge < -0.3 is 4.98 Å². The van der Waals surface area contributed by atoms with Gasteiger partial charge in [-0.15, -0.1) is 0 Å². The highest BCUT2D eigenvalue weighted by Crippen LogP contribution is 2.54. The molecule has 0 amide bonds. The van der Waals surface area contributed by atoms with Crippen LogP contribution in [-0.2, 0) is 16.2 Å². The molecule has 4 aromatic rings. The third kappa shape index (κ3) is 3.78. The van der Waals surface area contributed by atoms with E-state index in [1.165, 1.54) is 18.2 Å². The summed E-state index contributed by atoms with van der Waals surface area (Å²) in [5.74, 6) is 0.974. The molecule has 1 aliphatic rings. The number of nitrogens with one attached hydrogen (secondary N) is 1. The highest BCUT2D eigenvalue weighted by atomic mass is 32.2. The monoisotopic (exact) mass is 457 g/mol. The Morgan fingerprint density at radius 3 is 2.38 bits per heavy atom. The van der Waals surface area contributed by atoms with Crippen LogP contribution in [0.1, 0.15) is 35.2 Å². The third-order valence-electron chi connectivity index (χ3n) is 5.81. The Morgan fingerprint density at radius 1 is 0.969 bits per heavy atom. The van der Waals surface area contributed by atoms with E-state index in [1.807, 2.05) is 6.07 Å². The van der Waals surface area contributed by atoms with Crippen molar-refractivity contribution in [1.29, 1.82) is 0 Å². The molecule has 0 radical (unpaired) electrons. The molecule has 1 aliphatic carbocycles. The normalized spacial score (nSPS) is 18.8. The van der Waals surface area contributed by atoms with Gasteiger partial charge in [-0.1, -0.05) is 36.4 Å². The topological polar surface area (TPSA) is 88.8 Å². The first-order valence-electron chi connectivity index (χ1n) is 9.90. The lowest BCUT2D eigenvalue weighted by Crippen LogP contribution is -2.13. The van der Waals surface area contributed by atoms with Crippen LogP contribution in [0.4, 0.5) is 13.2 Å². The van der Waals surface area contributed by atoms with E-state index in [0.717, 1.165) is 35.5 Å². The van der Waals surface area contributed by atoms with Gasteiger partial charge in [0.25, 0.3) is 0 Å². The van der Waals surface area contributed by atoms with Crippen LogP contribution in [0.2, 0.25) is 0 Å². The molecule has 1 aromatic heterocycles. The highest BCUT2D eigenvalue weighted by molar-refractivity contribution is 7.89. The molecule has 3 N–H and O–H groups in total. The molecular formula is C23H18F3N3O2S. The second-order valence-corrected chi connectivity index (χ2v) is 9.49. The van der Waals surface area contributed by atoms with Crippen LogP contribution in [0.5, 0.6) is 0 Å². The summed E-state index contributed by atoms with van der Waals surface area (Å²) in [5.41, 5.74) is 2.85. The van der Waals surface area contributed by atoms with Gasteiger partial charge in [-0.05, 0) is 53.8 Å². The van der Waals surface area contributed by atoms with Crippen molar-refractivity contribution in [2.45, 2.75) is 29.3 Å². The number of rotatable bonds is 4. The van der Waals surface area contributed by atoms with Crippen molar-refractivity contribution < 1.29 is 21.6 Å². The van der Waals surface area contributed by atoms with Gasteiger partial charge in [-0.2, -0.15) is 13.2 Å². The summed E-state index contributed by atoms with van der Waals surface area (Å²) in [6, 6.07) is 17.2. The van der Waals surface area contributed by atoms with Crippen LogP contribution in [0.15, 0.2) is 71.6 Å². The number of benzene rings is 3. The van der Waals surface area contributed by atoms with Crippen molar-refractivity contribution in [2.24, 2.45) is 5.14 Å². The second-order valence-electron chi connectivity index (χ2n) is 7.96. The maximum Gasteiger partial charge on any atom is 0.416 e. The summed E-state index contributed by atoms with van der Waals surface area (Å²) in [6.45, 7) is 0. The molecule has 5 nitrogen and oxygen atoms in total.